The summed E-state index contributed by atoms with van der Waals surface area (Å²) in [6.45, 7) is 8.81. The Labute approximate surface area is 179 Å². The number of nitrogens with one attached hydrogen (secondary N) is 3. The van der Waals surface area contributed by atoms with Gasteiger partial charge in [0.25, 0.3) is 0 Å². The number of hydrogen-bond acceptors (Lipinski definition) is 5. The van der Waals surface area contributed by atoms with Gasteiger partial charge in [0, 0.05) is 19.4 Å². The van der Waals surface area contributed by atoms with Crippen LogP contribution < -0.4 is 20.9 Å². The van der Waals surface area contributed by atoms with Gasteiger partial charge in [-0.1, -0.05) is 44.9 Å². The van der Waals surface area contributed by atoms with Crippen LogP contribution in [0, 0.1) is 18.8 Å². The lowest BCUT2D eigenvalue weighted by molar-refractivity contribution is -0.135. The van der Waals surface area contributed by atoms with Gasteiger partial charge in [-0.15, -0.1) is 0 Å². The molecule has 8 heteroatoms. The number of hydrogen-bond donors (Lipinski definition) is 4. The molecule has 1 unspecified atom stereocenters. The summed E-state index contributed by atoms with van der Waals surface area (Å²) in [5.74, 6) is -0.631. The number of likely N-dealkylation sites (N-methyl/N-ethyl adjacent to an activating group) is 1. The van der Waals surface area contributed by atoms with E-state index >= 15 is 0 Å². The highest BCUT2D eigenvalue weighted by Gasteiger charge is 2.23. The quantitative estimate of drug-likeness (QED) is 0.248. The molecule has 0 saturated heterocycles. The third-order valence-corrected chi connectivity index (χ3v) is 4.17. The number of hydroxylamine groups is 1. The Hall–Kier alpha value is -2.61. The lowest BCUT2D eigenvalue weighted by Gasteiger charge is -2.17. The van der Waals surface area contributed by atoms with E-state index in [1.54, 1.807) is 0 Å². The van der Waals surface area contributed by atoms with E-state index in [2.05, 4.69) is 36.6 Å². The predicted molar refractivity (Wildman–Crippen MR) is 116 cm³/mol. The second kappa shape index (κ2) is 16.2. The van der Waals surface area contributed by atoms with Crippen molar-refractivity contribution in [2.24, 2.45) is 11.8 Å². The summed E-state index contributed by atoms with van der Waals surface area (Å²) < 4.78 is 5.50. The molecule has 0 aliphatic carbocycles. The first kappa shape index (κ1) is 27.4. The lowest BCUT2D eigenvalue weighted by Crippen LogP contribution is -2.40. The van der Waals surface area contributed by atoms with Crippen molar-refractivity contribution in [2.75, 3.05) is 20.2 Å². The van der Waals surface area contributed by atoms with Crippen LogP contribution in [0.1, 0.15) is 52.0 Å². The number of amides is 3. The SMILES string of the molecule is CCCCOc1ccc(C)cc1.CNC(=O)CNC(=O)C(CC(=O)NO)CC(C)C. The Morgan fingerprint density at radius 2 is 1.73 bits per heavy atom. The molecule has 0 aliphatic rings. The Morgan fingerprint density at radius 3 is 2.23 bits per heavy atom. The molecule has 3 amide bonds. The van der Waals surface area contributed by atoms with Crippen molar-refractivity contribution in [3.05, 3.63) is 29.8 Å². The van der Waals surface area contributed by atoms with Crippen molar-refractivity contribution >= 4 is 17.7 Å². The topological polar surface area (TPSA) is 117 Å². The number of benzene rings is 1. The molecule has 1 aromatic rings. The van der Waals surface area contributed by atoms with Crippen LogP contribution in [0.4, 0.5) is 0 Å². The molecular weight excluding hydrogens is 386 g/mol. The molecule has 0 radical (unpaired) electrons. The van der Waals surface area contributed by atoms with E-state index in [4.69, 9.17) is 9.94 Å². The van der Waals surface area contributed by atoms with Crippen LogP contribution in [0.3, 0.4) is 0 Å². The van der Waals surface area contributed by atoms with Gasteiger partial charge >= 0.3 is 0 Å². The predicted octanol–water partition coefficient (Wildman–Crippen LogP) is 2.58. The summed E-state index contributed by atoms with van der Waals surface area (Å²) in [4.78, 5) is 33.9. The maximum atomic E-state index is 11.8. The number of carbonyl (C=O) groups is 3. The summed E-state index contributed by atoms with van der Waals surface area (Å²) in [6, 6.07) is 8.18. The largest absolute Gasteiger partial charge is 0.494 e. The van der Waals surface area contributed by atoms with E-state index < -0.39 is 11.8 Å². The summed E-state index contributed by atoms with van der Waals surface area (Å²) in [7, 11) is 1.47. The van der Waals surface area contributed by atoms with Crippen molar-refractivity contribution in [1.82, 2.24) is 16.1 Å². The number of carbonyl (C=O) groups excluding carboxylic acids is 3. The smallest absolute Gasteiger partial charge is 0.244 e. The summed E-state index contributed by atoms with van der Waals surface area (Å²) in [6.07, 6.45) is 2.72. The van der Waals surface area contributed by atoms with Crippen molar-refractivity contribution in [3.8, 4) is 5.75 Å². The Kier molecular flexibility index (Phi) is 14.8. The van der Waals surface area contributed by atoms with Crippen LogP contribution >= 0.6 is 0 Å². The Morgan fingerprint density at radius 1 is 1.10 bits per heavy atom. The molecule has 0 saturated carbocycles. The van der Waals surface area contributed by atoms with Gasteiger partial charge < -0.3 is 15.4 Å². The van der Waals surface area contributed by atoms with Gasteiger partial charge in [0.05, 0.1) is 13.2 Å². The second-order valence-corrected chi connectivity index (χ2v) is 7.47. The molecule has 0 aromatic heterocycles. The summed E-state index contributed by atoms with van der Waals surface area (Å²) >= 11 is 0. The average molecular weight is 424 g/mol. The zero-order valence-corrected chi connectivity index (χ0v) is 18.8. The first-order chi connectivity index (χ1) is 14.2. The van der Waals surface area contributed by atoms with Crippen LogP contribution in [0.5, 0.6) is 5.75 Å². The monoisotopic (exact) mass is 423 g/mol. The fourth-order valence-corrected chi connectivity index (χ4v) is 2.49. The summed E-state index contributed by atoms with van der Waals surface area (Å²) in [5, 5.41) is 13.3. The molecular formula is C22H37N3O5. The van der Waals surface area contributed by atoms with E-state index in [0.29, 0.717) is 6.42 Å². The van der Waals surface area contributed by atoms with Gasteiger partial charge in [-0.3, -0.25) is 19.6 Å². The average Bonchev–Trinajstić information content (AvgIpc) is 2.72. The van der Waals surface area contributed by atoms with Crippen molar-refractivity contribution in [3.63, 3.8) is 0 Å². The van der Waals surface area contributed by atoms with Crippen LogP contribution in [-0.4, -0.2) is 43.1 Å². The maximum Gasteiger partial charge on any atom is 0.244 e. The third kappa shape index (κ3) is 13.5. The third-order valence-electron chi connectivity index (χ3n) is 4.17. The van der Waals surface area contributed by atoms with E-state index in [1.165, 1.54) is 24.5 Å². The highest BCUT2D eigenvalue weighted by atomic mass is 16.5. The van der Waals surface area contributed by atoms with Crippen molar-refractivity contribution in [1.29, 1.82) is 0 Å². The van der Waals surface area contributed by atoms with Gasteiger partial charge in [0.2, 0.25) is 17.7 Å². The second-order valence-electron chi connectivity index (χ2n) is 7.47. The Balaban J connectivity index is 0.000000604. The molecule has 8 nitrogen and oxygen atoms in total. The zero-order valence-electron chi connectivity index (χ0n) is 18.8. The number of ether oxygens (including phenoxy) is 1. The molecule has 1 rings (SSSR count). The van der Waals surface area contributed by atoms with Gasteiger partial charge in [-0.2, -0.15) is 0 Å². The van der Waals surface area contributed by atoms with E-state index in [1.807, 2.05) is 26.0 Å². The van der Waals surface area contributed by atoms with Crippen LogP contribution in [0.25, 0.3) is 0 Å². The Bertz CT molecular complexity index is 632. The molecule has 30 heavy (non-hydrogen) atoms. The molecule has 0 aliphatic heterocycles. The lowest BCUT2D eigenvalue weighted by atomic mass is 9.93. The van der Waals surface area contributed by atoms with Crippen LogP contribution in [0.15, 0.2) is 24.3 Å². The normalized spacial score (nSPS) is 11.0. The minimum Gasteiger partial charge on any atom is -0.494 e. The molecule has 4 N–H and O–H groups in total. The fraction of sp³-hybridized carbons (Fsp3) is 0.591. The summed E-state index contributed by atoms with van der Waals surface area (Å²) in [5.41, 5.74) is 2.78. The molecule has 170 valence electrons. The number of aryl methyl sites for hydroxylation is 1. The van der Waals surface area contributed by atoms with E-state index in [-0.39, 0.29) is 30.7 Å². The van der Waals surface area contributed by atoms with Crippen LogP contribution in [0.2, 0.25) is 0 Å². The fourth-order valence-electron chi connectivity index (χ4n) is 2.49. The van der Waals surface area contributed by atoms with Crippen LogP contribution in [-0.2, 0) is 14.4 Å². The van der Waals surface area contributed by atoms with E-state index in [0.717, 1.165) is 18.8 Å². The molecule has 0 bridgehead atoms. The van der Waals surface area contributed by atoms with Crippen molar-refractivity contribution in [2.45, 2.75) is 53.4 Å². The standard InChI is InChI=1S/C11H21N3O4.C11H16O/c1-7(2)4-8(5-9(15)14-18)11(17)13-6-10(16)12-3;1-3-4-9-12-11-7-5-10(2)6-8-11/h7-8,18H,4-6H2,1-3H3,(H,12,16)(H,13,17)(H,14,15);5-8H,3-4,9H2,1-2H3. The van der Waals surface area contributed by atoms with E-state index in [9.17, 15) is 14.4 Å². The minimum absolute atomic E-state index is 0.103. The first-order valence-corrected chi connectivity index (χ1v) is 10.3. The van der Waals surface area contributed by atoms with Gasteiger partial charge in [-0.25, -0.2) is 5.48 Å². The van der Waals surface area contributed by atoms with Gasteiger partial charge in [-0.05, 0) is 37.8 Å². The van der Waals surface area contributed by atoms with Gasteiger partial charge in [0.1, 0.15) is 5.75 Å². The molecule has 0 fully saturated rings. The molecule has 0 spiro atoms. The molecule has 1 aromatic carbocycles. The zero-order chi connectivity index (χ0) is 22.9. The first-order valence-electron chi connectivity index (χ1n) is 10.3. The van der Waals surface area contributed by atoms with Gasteiger partial charge in [0.15, 0.2) is 0 Å². The molecule has 0 heterocycles. The highest BCUT2D eigenvalue weighted by Crippen LogP contribution is 2.15. The maximum absolute atomic E-state index is 11.8. The number of unbranched alkanes of at least 4 members (excludes halogenated alkanes) is 1. The van der Waals surface area contributed by atoms with Crippen molar-refractivity contribution < 1.29 is 24.3 Å². The number of rotatable bonds is 11. The highest BCUT2D eigenvalue weighted by molar-refractivity contribution is 5.88. The minimum atomic E-state index is -0.615. The molecule has 1 atom stereocenters.